The third-order valence-corrected chi connectivity index (χ3v) is 2.97. The zero-order valence-electron chi connectivity index (χ0n) is 16.2. The van der Waals surface area contributed by atoms with E-state index in [4.69, 9.17) is 23.7 Å². The number of hydrogen-bond donors (Lipinski definition) is 2. The summed E-state index contributed by atoms with van der Waals surface area (Å²) in [5, 5.41) is 20.1. The number of amides is 1. The van der Waals surface area contributed by atoms with Crippen LogP contribution in [0, 0.1) is 10.1 Å². The molecule has 0 aliphatic heterocycles. The van der Waals surface area contributed by atoms with Gasteiger partial charge in [-0.15, -0.1) is 10.1 Å². The molecule has 0 aromatic rings. The van der Waals surface area contributed by atoms with Crippen LogP contribution in [-0.2, 0) is 33.3 Å². The van der Waals surface area contributed by atoms with Gasteiger partial charge in [0.25, 0.3) is 5.09 Å². The van der Waals surface area contributed by atoms with Gasteiger partial charge in [0, 0.05) is 6.61 Å². The number of carboxylic acids is 1. The molecule has 29 heavy (non-hydrogen) atoms. The van der Waals surface area contributed by atoms with Crippen molar-refractivity contribution in [2.45, 2.75) is 32.4 Å². The Labute approximate surface area is 166 Å². The van der Waals surface area contributed by atoms with Crippen LogP contribution >= 0.6 is 0 Å². The van der Waals surface area contributed by atoms with Gasteiger partial charge in [-0.05, 0) is 13.3 Å². The molecule has 0 aliphatic carbocycles. The van der Waals surface area contributed by atoms with E-state index >= 15 is 0 Å². The summed E-state index contributed by atoms with van der Waals surface area (Å²) in [7, 11) is 0. The number of carbonyl (C=O) groups is 3. The highest BCUT2D eigenvalue weighted by molar-refractivity contribution is 5.80. The van der Waals surface area contributed by atoms with Gasteiger partial charge in [0.05, 0.1) is 19.8 Å². The normalized spacial score (nSPS) is 12.3. The summed E-state index contributed by atoms with van der Waals surface area (Å²) in [6.45, 7) is 3.08. The number of aliphatic carboxylic acids is 1. The third-order valence-electron chi connectivity index (χ3n) is 2.97. The Hall–Kier alpha value is -2.87. The van der Waals surface area contributed by atoms with Gasteiger partial charge < -0.3 is 38.9 Å². The molecule has 14 heteroatoms. The van der Waals surface area contributed by atoms with Crippen LogP contribution in [0.1, 0.15) is 20.3 Å². The summed E-state index contributed by atoms with van der Waals surface area (Å²) >= 11 is 0. The Balaban J connectivity index is 4.11. The highest BCUT2D eigenvalue weighted by atomic mass is 17.0. The average molecular weight is 426 g/mol. The Morgan fingerprint density at radius 3 is 2.17 bits per heavy atom. The van der Waals surface area contributed by atoms with Gasteiger partial charge in [0.1, 0.15) is 25.9 Å². The minimum absolute atomic E-state index is 0.0640. The summed E-state index contributed by atoms with van der Waals surface area (Å²) < 4.78 is 24.3. The average Bonchev–Trinajstić information content (AvgIpc) is 2.64. The molecule has 1 amide bonds. The largest absolute Gasteiger partial charge is 0.508 e. The number of carbonyl (C=O) groups excluding carboxylic acids is 2. The fourth-order valence-corrected chi connectivity index (χ4v) is 1.70. The second-order valence-electron chi connectivity index (χ2n) is 5.30. The van der Waals surface area contributed by atoms with Crippen LogP contribution in [0.2, 0.25) is 0 Å². The summed E-state index contributed by atoms with van der Waals surface area (Å²) in [4.78, 5) is 48.4. The SMILES string of the molecule is CCCOCCOC(=O)OC(C)C(NC(=O)OCCOCCO[N+](=O)[O-])C(=O)O. The van der Waals surface area contributed by atoms with Gasteiger partial charge >= 0.3 is 18.2 Å². The van der Waals surface area contributed by atoms with Crippen LogP contribution in [-0.4, -0.2) is 86.8 Å². The van der Waals surface area contributed by atoms with E-state index in [9.17, 15) is 29.6 Å². The van der Waals surface area contributed by atoms with Crippen molar-refractivity contribution >= 4 is 18.2 Å². The maximum Gasteiger partial charge on any atom is 0.508 e. The van der Waals surface area contributed by atoms with Gasteiger partial charge in [-0.25, -0.2) is 14.4 Å². The molecule has 0 bridgehead atoms. The van der Waals surface area contributed by atoms with Crippen LogP contribution in [0.15, 0.2) is 0 Å². The van der Waals surface area contributed by atoms with Crippen molar-refractivity contribution in [3.8, 4) is 0 Å². The van der Waals surface area contributed by atoms with E-state index in [0.29, 0.717) is 6.61 Å². The molecule has 0 saturated carbocycles. The van der Waals surface area contributed by atoms with Crippen molar-refractivity contribution in [2.24, 2.45) is 0 Å². The van der Waals surface area contributed by atoms with Crippen LogP contribution < -0.4 is 5.32 Å². The molecule has 2 atom stereocenters. The van der Waals surface area contributed by atoms with E-state index in [2.05, 4.69) is 4.84 Å². The molecule has 2 unspecified atom stereocenters. The molecule has 0 aliphatic rings. The molecule has 0 saturated heterocycles. The molecule has 0 radical (unpaired) electrons. The Morgan fingerprint density at radius 1 is 1.00 bits per heavy atom. The van der Waals surface area contributed by atoms with Gasteiger partial charge in [0.15, 0.2) is 6.04 Å². The second kappa shape index (κ2) is 16.1. The second-order valence-corrected chi connectivity index (χ2v) is 5.30. The lowest BCUT2D eigenvalue weighted by Crippen LogP contribution is -2.49. The number of hydrogen-bond acceptors (Lipinski definition) is 11. The van der Waals surface area contributed by atoms with Crippen LogP contribution in [0.4, 0.5) is 9.59 Å². The molecule has 0 rings (SSSR count). The number of ether oxygens (including phenoxy) is 5. The highest BCUT2D eigenvalue weighted by Gasteiger charge is 2.30. The van der Waals surface area contributed by atoms with E-state index < -0.39 is 35.5 Å². The Kier molecular flexibility index (Phi) is 14.5. The number of rotatable bonds is 16. The lowest BCUT2D eigenvalue weighted by Gasteiger charge is -2.21. The standard InChI is InChI=1S/C15H26N2O12/c1-3-4-24-6-9-27-15(21)29-11(2)12(13(18)19)16-14(20)26-8-5-25-7-10-28-17(22)23/h11-12H,3-10H2,1-2H3,(H,16,20)(H,18,19). The zero-order chi connectivity index (χ0) is 22.1. The Bertz CT molecular complexity index is 516. The van der Waals surface area contributed by atoms with E-state index in [1.165, 1.54) is 6.92 Å². The minimum Gasteiger partial charge on any atom is -0.480 e. The van der Waals surface area contributed by atoms with Crippen molar-refractivity contribution in [1.82, 2.24) is 5.32 Å². The van der Waals surface area contributed by atoms with E-state index in [0.717, 1.165) is 6.42 Å². The summed E-state index contributed by atoms with van der Waals surface area (Å²) in [6, 6.07) is -1.58. The molecule has 0 aromatic carbocycles. The molecule has 2 N–H and O–H groups in total. The third kappa shape index (κ3) is 14.8. The van der Waals surface area contributed by atoms with Gasteiger partial charge in [0.2, 0.25) is 0 Å². The molecule has 0 fully saturated rings. The highest BCUT2D eigenvalue weighted by Crippen LogP contribution is 2.03. The first-order valence-electron chi connectivity index (χ1n) is 8.70. The maximum atomic E-state index is 11.6. The number of nitrogens with one attached hydrogen (secondary N) is 1. The minimum atomic E-state index is -1.58. The predicted molar refractivity (Wildman–Crippen MR) is 92.7 cm³/mol. The first-order valence-corrected chi connectivity index (χ1v) is 8.70. The first kappa shape index (κ1) is 26.1. The fraction of sp³-hybridized carbons (Fsp3) is 0.800. The summed E-state index contributed by atoms with van der Waals surface area (Å²) in [5.74, 6) is -1.46. The van der Waals surface area contributed by atoms with E-state index in [1.54, 1.807) is 0 Å². The van der Waals surface area contributed by atoms with Crippen LogP contribution in [0.25, 0.3) is 0 Å². The summed E-state index contributed by atoms with van der Waals surface area (Å²) in [5.41, 5.74) is 0. The quantitative estimate of drug-likeness (QED) is 0.150. The van der Waals surface area contributed by atoms with Gasteiger partial charge in [-0.1, -0.05) is 6.92 Å². The molecular weight excluding hydrogens is 400 g/mol. The molecule has 168 valence electrons. The first-order chi connectivity index (χ1) is 13.8. The van der Waals surface area contributed by atoms with E-state index in [1.807, 2.05) is 12.2 Å². The van der Waals surface area contributed by atoms with Crippen molar-refractivity contribution in [3.63, 3.8) is 0 Å². The predicted octanol–water partition coefficient (Wildman–Crippen LogP) is 0.359. The Morgan fingerprint density at radius 2 is 1.59 bits per heavy atom. The van der Waals surface area contributed by atoms with Crippen molar-refractivity contribution in [2.75, 3.05) is 46.2 Å². The van der Waals surface area contributed by atoms with E-state index in [-0.39, 0.29) is 39.6 Å². The maximum absolute atomic E-state index is 11.6. The van der Waals surface area contributed by atoms with Crippen molar-refractivity contribution in [3.05, 3.63) is 10.1 Å². The van der Waals surface area contributed by atoms with Gasteiger partial charge in [-0.3, -0.25) is 0 Å². The monoisotopic (exact) mass is 426 g/mol. The lowest BCUT2D eigenvalue weighted by molar-refractivity contribution is -0.758. The molecule has 0 spiro atoms. The lowest BCUT2D eigenvalue weighted by atomic mass is 10.2. The molecule has 0 heterocycles. The van der Waals surface area contributed by atoms with Crippen LogP contribution in [0.3, 0.4) is 0 Å². The van der Waals surface area contributed by atoms with Crippen molar-refractivity contribution in [1.29, 1.82) is 0 Å². The number of alkyl carbamates (subject to hydrolysis) is 1. The summed E-state index contributed by atoms with van der Waals surface area (Å²) in [6.07, 6.45) is -2.63. The number of nitrogens with zero attached hydrogens (tertiary/aromatic N) is 1. The zero-order valence-corrected chi connectivity index (χ0v) is 16.2. The molecule has 0 aromatic heterocycles. The van der Waals surface area contributed by atoms with Gasteiger partial charge in [-0.2, -0.15) is 0 Å². The van der Waals surface area contributed by atoms with Crippen molar-refractivity contribution < 1.29 is 53.1 Å². The number of carboxylic acid groups (broad SMARTS) is 1. The smallest absolute Gasteiger partial charge is 0.480 e. The topological polar surface area (TPSA) is 182 Å². The molecule has 14 nitrogen and oxygen atoms in total. The fourth-order valence-electron chi connectivity index (χ4n) is 1.70. The molecular formula is C15H26N2O12. The van der Waals surface area contributed by atoms with Crippen LogP contribution in [0.5, 0.6) is 0 Å².